The van der Waals surface area contributed by atoms with E-state index in [4.69, 9.17) is 33.9 Å². The number of nitrogen functional groups attached to an aromatic ring is 1. The number of benzene rings is 4. The van der Waals surface area contributed by atoms with E-state index in [-0.39, 0.29) is 80.7 Å². The first-order valence-corrected chi connectivity index (χ1v) is 36.5. The molecule has 3 amide bonds. The number of anilines is 2. The van der Waals surface area contributed by atoms with Gasteiger partial charge < -0.3 is 74.6 Å². The number of carboxylic acids is 1. The van der Waals surface area contributed by atoms with Crippen molar-refractivity contribution >= 4 is 75.0 Å². The van der Waals surface area contributed by atoms with Crippen LogP contribution in [0.3, 0.4) is 0 Å². The summed E-state index contributed by atoms with van der Waals surface area (Å²) in [5.41, 5.74) is 24.8. The van der Waals surface area contributed by atoms with Crippen LogP contribution in [-0.2, 0) is 71.5 Å². The number of ether oxygens (including phenoxy) is 5. The molecule has 4 unspecified atom stereocenters. The predicted molar refractivity (Wildman–Crippen MR) is 348 cm³/mol. The highest BCUT2D eigenvalue weighted by molar-refractivity contribution is 7.68. The average Bonchev–Trinajstić information content (AvgIpc) is 1.21. The van der Waals surface area contributed by atoms with Crippen molar-refractivity contribution in [3.8, 4) is 29.1 Å². The van der Waals surface area contributed by atoms with Crippen molar-refractivity contribution in [3.05, 3.63) is 144 Å². The lowest BCUT2D eigenvalue weighted by molar-refractivity contribution is -0.126. The molecule has 6 atom stereocenters. The molecule has 2 aromatic heterocycles. The third-order valence-electron chi connectivity index (χ3n) is 17.1. The lowest BCUT2D eigenvalue weighted by Gasteiger charge is -2.39. The third kappa shape index (κ3) is 15.7. The molecule has 0 aliphatic carbocycles. The van der Waals surface area contributed by atoms with Crippen LogP contribution >= 0.6 is 23.2 Å². The maximum atomic E-state index is 14.1. The summed E-state index contributed by atoms with van der Waals surface area (Å²) in [4.78, 5) is 95.8. The van der Waals surface area contributed by atoms with E-state index in [1.165, 1.54) is 46.7 Å². The van der Waals surface area contributed by atoms with Gasteiger partial charge in [0.15, 0.2) is 6.23 Å². The highest BCUT2D eigenvalue weighted by Crippen LogP contribution is 2.66. The minimum atomic E-state index is -5.46. The summed E-state index contributed by atoms with van der Waals surface area (Å²) >= 11 is 0. The topological polar surface area (TPSA) is 422 Å². The van der Waals surface area contributed by atoms with E-state index in [2.05, 4.69) is 78.0 Å². The summed E-state index contributed by atoms with van der Waals surface area (Å²) in [6.07, 6.45) is 8.27. The van der Waals surface area contributed by atoms with Crippen LogP contribution in [0.2, 0.25) is 0 Å². The fourth-order valence-electron chi connectivity index (χ4n) is 13.2. The van der Waals surface area contributed by atoms with E-state index in [0.717, 1.165) is 117 Å². The molecule has 9 N–H and O–H groups in total. The number of aromatic carboxylic acids is 1. The van der Waals surface area contributed by atoms with E-state index < -0.39 is 72.1 Å². The number of fused-ring (bicyclic) bond motifs is 5. The Balaban J connectivity index is 0.604. The summed E-state index contributed by atoms with van der Waals surface area (Å²) in [6, 6.07) is 15.3. The van der Waals surface area contributed by atoms with Crippen molar-refractivity contribution in [1.29, 1.82) is 0 Å². The van der Waals surface area contributed by atoms with Crippen molar-refractivity contribution in [2.75, 3.05) is 96.1 Å². The van der Waals surface area contributed by atoms with Crippen molar-refractivity contribution in [2.24, 2.45) is 5.11 Å². The smallest absolute Gasteiger partial charge is 0.488 e. The van der Waals surface area contributed by atoms with Gasteiger partial charge in [-0.25, -0.2) is 32.8 Å². The number of nitrogens with zero attached hydrogens (tertiary/aromatic N) is 8. The average molecular weight is 1390 g/mol. The number of nitrogens with one attached hydrogen (secondary N) is 3. The van der Waals surface area contributed by atoms with Crippen LogP contribution in [0.15, 0.2) is 72.2 Å². The molecule has 0 bridgehead atoms. The molecule has 1 fully saturated rings. The van der Waals surface area contributed by atoms with Crippen LogP contribution in [0.25, 0.3) is 27.0 Å². The summed E-state index contributed by atoms with van der Waals surface area (Å²) in [5, 5.41) is 25.2. The zero-order chi connectivity index (χ0) is 68.2. The van der Waals surface area contributed by atoms with Gasteiger partial charge in [-0.15, -0.1) is 0 Å². The van der Waals surface area contributed by atoms with Crippen molar-refractivity contribution in [3.63, 3.8) is 0 Å². The molecule has 4 aromatic carbocycles. The van der Waals surface area contributed by atoms with Crippen LogP contribution in [0.1, 0.15) is 115 Å². The van der Waals surface area contributed by atoms with Gasteiger partial charge in [0.25, 0.3) is 11.8 Å². The molecule has 34 heteroatoms. The molecule has 6 aliphatic heterocycles. The van der Waals surface area contributed by atoms with Crippen LogP contribution in [0, 0.1) is 11.8 Å². The molecule has 6 aliphatic rings. The van der Waals surface area contributed by atoms with E-state index in [0.29, 0.717) is 35.2 Å². The number of hydrogen-bond acceptors (Lipinski definition) is 20. The number of phosphoric acid groups is 2. The number of nitrogens with two attached hydrogens (primary N) is 1. The molecule has 31 nitrogen and oxygen atoms in total. The maximum Gasteiger partial charge on any atom is 0.488 e. The molecule has 1 saturated heterocycles. The van der Waals surface area contributed by atoms with Gasteiger partial charge in [-0.05, 0) is 117 Å². The zero-order valence-electron chi connectivity index (χ0n) is 52.5. The van der Waals surface area contributed by atoms with E-state index in [1.807, 2.05) is 0 Å². The van der Waals surface area contributed by atoms with Gasteiger partial charge in [0.1, 0.15) is 67.6 Å². The second-order valence-electron chi connectivity index (χ2n) is 23.8. The first kappa shape index (κ1) is 68.4. The monoisotopic (exact) mass is 1390 g/mol. The van der Waals surface area contributed by atoms with Crippen LogP contribution in [0.4, 0.5) is 11.5 Å². The Kier molecular flexibility index (Phi) is 20.6. The first-order chi connectivity index (χ1) is 46.6. The fraction of sp³-hybridized carbons (Fsp3) is 0.413. The molecule has 12 rings (SSSR count). The number of rotatable bonds is 26. The number of carbonyl (C=O) groups is 4. The van der Waals surface area contributed by atoms with Gasteiger partial charge in [-0.1, -0.05) is 23.0 Å². The Bertz CT molecular complexity index is 4560. The molecule has 8 heterocycles. The predicted octanol–water partition coefficient (Wildman–Crippen LogP) is 5.27. The molecule has 0 saturated carbocycles. The standard InChI is InChI=1S/C63H69N12O19P3/c1-95(81,82)93-97(85,86)94-96(83,84)90-33-43-16-18-52(91-43)75-32-41(53-59(64)69-36-70-60(53)75)9-3-19-66-50(76)34-87-26-27-88-51(71-72-65)35-89-42-12-2-8-39(28-42)61(77)67-20-21-68-62(78)40-15-17-44(63(79)80)47(31-40)54-48-29-37-10-4-22-73-24-6-13-45(55(37)73)57(48)92-58-46-14-7-25-74-23-5-11-38(56(46)74)30-49(54)58/h2,8,12,15,17,28-32,36,43,51-52H,4-7,10-11,13-14,16,18-27,33-35H2,1H3,(H8-,64,66,67,68,69,70,76,77,78,79,80,81,82,83,84,85,86)/p+1/t43-,51?,52+/m0/s1. The van der Waals surface area contributed by atoms with Crippen LogP contribution < -0.4 is 51.2 Å². The number of amides is 3. The Morgan fingerprint density at radius 2 is 1.62 bits per heavy atom. The number of azide groups is 1. The number of carbonyl (C=O) groups excluding carboxylic acids is 3. The molecular formula is C63H70N12O19P3+. The molecular weight excluding hydrogens is 1320 g/mol. The molecule has 97 heavy (non-hydrogen) atoms. The molecule has 6 aromatic rings. The van der Waals surface area contributed by atoms with Gasteiger partial charge >= 0.3 is 29.2 Å². The number of carboxylic acid groups (broad SMARTS) is 1. The second-order valence-corrected chi connectivity index (χ2v) is 28.9. The summed E-state index contributed by atoms with van der Waals surface area (Å²) in [5.74, 6) is 5.13. The fourth-order valence-corrected chi connectivity index (χ4v) is 16.7. The lowest BCUT2D eigenvalue weighted by atomic mass is 9.81. The Morgan fingerprint density at radius 3 is 2.39 bits per heavy atom. The number of phosphoric ester groups is 1. The Hall–Kier alpha value is -8.55. The van der Waals surface area contributed by atoms with E-state index >= 15 is 0 Å². The van der Waals surface area contributed by atoms with Crippen molar-refractivity contribution in [2.45, 2.75) is 82.8 Å². The lowest BCUT2D eigenvalue weighted by Crippen LogP contribution is -2.45. The van der Waals surface area contributed by atoms with Crippen molar-refractivity contribution < 1.29 is 89.5 Å². The Morgan fingerprint density at radius 1 is 0.866 bits per heavy atom. The summed E-state index contributed by atoms with van der Waals surface area (Å²) in [6.45, 7) is 3.09. The SMILES string of the molecule is CP(=O)(O)OP(=O)(O)OP(=O)(O)OC[C@@H]1CC[C@H](n2cc(C#CCNC(=O)COCCOC(COc3cccc(C(=O)NCCNC(=O)c4ccc(C(=O)O)c(C5=c6cc7c8c(c6Oc6c5cc5c9c6CCCN9CCC5)CCC[N+]=8CCC7)c4)c3)N=[N+]=[N-])c3c(N)ncnc32)O1. The second kappa shape index (κ2) is 29.3. The maximum absolute atomic E-state index is 14.1. The van der Waals surface area contributed by atoms with Gasteiger partial charge in [0, 0.05) is 101 Å². The number of aromatic nitrogens is 3. The highest BCUT2D eigenvalue weighted by Gasteiger charge is 2.42. The highest BCUT2D eigenvalue weighted by atomic mass is 31.3. The molecule has 0 radical (unpaired) electrons. The van der Waals surface area contributed by atoms with Gasteiger partial charge in [0.05, 0.1) is 54.5 Å². The largest absolute Gasteiger partial charge is 0.491 e. The minimum absolute atomic E-state index is 0.0455. The summed E-state index contributed by atoms with van der Waals surface area (Å²) in [7, 11) is -15.3. The number of aryl methyl sites for hydroxylation is 2. The van der Waals surface area contributed by atoms with Crippen LogP contribution in [0.5, 0.6) is 17.2 Å². The van der Waals surface area contributed by atoms with Gasteiger partial charge in [-0.3, -0.25) is 23.5 Å². The number of hydrogen-bond donors (Lipinski definition) is 8. The minimum Gasteiger partial charge on any atom is -0.491 e. The summed E-state index contributed by atoms with van der Waals surface area (Å²) < 4.78 is 82.6. The third-order valence-corrected chi connectivity index (χ3v) is 21.3. The van der Waals surface area contributed by atoms with Gasteiger partial charge in [0.2, 0.25) is 11.3 Å². The molecule has 510 valence electrons. The van der Waals surface area contributed by atoms with Crippen molar-refractivity contribution in [1.82, 2.24) is 35.1 Å². The molecule has 0 spiro atoms. The zero-order valence-corrected chi connectivity index (χ0v) is 55.2. The van der Waals surface area contributed by atoms with Crippen LogP contribution in [-0.4, -0.2) is 156 Å². The normalized spacial score (nSPS) is 18.7. The first-order valence-electron chi connectivity index (χ1n) is 31.5. The Labute approximate surface area is 554 Å². The quantitative estimate of drug-likeness (QED) is 0.00651. The van der Waals surface area contributed by atoms with E-state index in [9.17, 15) is 58.2 Å². The van der Waals surface area contributed by atoms with E-state index in [1.54, 1.807) is 35.0 Å². The van der Waals surface area contributed by atoms with Gasteiger partial charge in [-0.2, -0.15) is 4.31 Å².